The van der Waals surface area contributed by atoms with Gasteiger partial charge in [0.25, 0.3) is 0 Å². The molecule has 1 aromatic carbocycles. The van der Waals surface area contributed by atoms with Crippen molar-refractivity contribution in [3.8, 4) is 0 Å². The minimum atomic E-state index is -0.386. The molecule has 3 rings (SSSR count). The highest BCUT2D eigenvalue weighted by Gasteiger charge is 2.18. The van der Waals surface area contributed by atoms with Gasteiger partial charge in [0, 0.05) is 22.9 Å². The first kappa shape index (κ1) is 15.5. The molecule has 1 N–H and O–H groups in total. The molecule has 0 aliphatic carbocycles. The molecule has 5 nitrogen and oxygen atoms in total. The number of ether oxygens (including phenoxy) is 2. The number of carbonyl (C=O) groups excluding carboxylic acids is 1. The van der Waals surface area contributed by atoms with E-state index in [4.69, 9.17) is 9.47 Å². The van der Waals surface area contributed by atoms with Crippen molar-refractivity contribution in [2.24, 2.45) is 0 Å². The molecule has 0 aliphatic rings. The highest BCUT2D eigenvalue weighted by atomic mass is 16.5. The number of nitrogens with zero attached hydrogens (tertiary/aromatic N) is 1. The molecule has 0 aliphatic heterocycles. The fourth-order valence-electron chi connectivity index (χ4n) is 2.91. The van der Waals surface area contributed by atoms with Gasteiger partial charge >= 0.3 is 5.97 Å². The fourth-order valence-corrected chi connectivity index (χ4v) is 2.91. The van der Waals surface area contributed by atoms with Gasteiger partial charge in [-0.05, 0) is 38.0 Å². The molecule has 0 saturated carbocycles. The number of aromatic amines is 1. The number of rotatable bonds is 5. The van der Waals surface area contributed by atoms with Gasteiger partial charge in [0.05, 0.1) is 24.9 Å². The Morgan fingerprint density at radius 2 is 2.00 bits per heavy atom. The van der Waals surface area contributed by atoms with E-state index in [0.717, 1.165) is 32.9 Å². The number of hydrogen-bond donors (Lipinski definition) is 1. The highest BCUT2D eigenvalue weighted by molar-refractivity contribution is 6.12. The Balaban J connectivity index is 2.25. The zero-order valence-electron chi connectivity index (χ0n) is 13.6. The van der Waals surface area contributed by atoms with Crippen LogP contribution in [-0.2, 0) is 16.1 Å². The van der Waals surface area contributed by atoms with Crippen LogP contribution in [0.2, 0.25) is 0 Å². The van der Waals surface area contributed by atoms with Gasteiger partial charge in [0.15, 0.2) is 5.69 Å². The molecule has 120 valence electrons. The normalized spacial score (nSPS) is 11.3. The Morgan fingerprint density at radius 3 is 2.74 bits per heavy atom. The second kappa shape index (κ2) is 6.38. The number of esters is 1. The molecule has 0 atom stereocenters. The number of fused-ring (bicyclic) bond motifs is 3. The number of aryl methyl sites for hydroxylation is 1. The summed E-state index contributed by atoms with van der Waals surface area (Å²) in [7, 11) is 0. The van der Waals surface area contributed by atoms with E-state index in [-0.39, 0.29) is 5.97 Å². The summed E-state index contributed by atoms with van der Waals surface area (Å²) in [6, 6.07) is 6.07. The van der Waals surface area contributed by atoms with Crippen LogP contribution in [0.4, 0.5) is 0 Å². The van der Waals surface area contributed by atoms with E-state index in [9.17, 15) is 4.79 Å². The largest absolute Gasteiger partial charge is 0.461 e. The zero-order valence-corrected chi connectivity index (χ0v) is 13.6. The van der Waals surface area contributed by atoms with Gasteiger partial charge in [0.2, 0.25) is 0 Å². The number of aromatic nitrogens is 2. The van der Waals surface area contributed by atoms with E-state index in [1.54, 1.807) is 13.1 Å². The van der Waals surface area contributed by atoms with Crippen LogP contribution in [-0.4, -0.2) is 29.2 Å². The van der Waals surface area contributed by atoms with E-state index < -0.39 is 0 Å². The summed E-state index contributed by atoms with van der Waals surface area (Å²) in [4.78, 5) is 19.7. The van der Waals surface area contributed by atoms with Crippen LogP contribution in [0.5, 0.6) is 0 Å². The second-order valence-electron chi connectivity index (χ2n) is 5.34. The van der Waals surface area contributed by atoms with Crippen molar-refractivity contribution in [2.75, 3.05) is 13.2 Å². The van der Waals surface area contributed by atoms with Gasteiger partial charge in [0.1, 0.15) is 0 Å². The van der Waals surface area contributed by atoms with Crippen LogP contribution in [0, 0.1) is 6.92 Å². The predicted octanol–water partition coefficient (Wildman–Crippen LogP) is 3.74. The van der Waals surface area contributed by atoms with Crippen LogP contribution in [0.25, 0.3) is 21.8 Å². The monoisotopic (exact) mass is 312 g/mol. The number of benzene rings is 1. The van der Waals surface area contributed by atoms with Crippen molar-refractivity contribution >= 4 is 27.8 Å². The summed E-state index contributed by atoms with van der Waals surface area (Å²) in [5.41, 5.74) is 4.22. The maximum absolute atomic E-state index is 12.1. The summed E-state index contributed by atoms with van der Waals surface area (Å²) in [6.07, 6.45) is 1.69. The lowest BCUT2D eigenvalue weighted by Crippen LogP contribution is -2.09. The third-order valence-corrected chi connectivity index (χ3v) is 3.92. The summed E-state index contributed by atoms with van der Waals surface area (Å²) in [5.74, 6) is -0.386. The van der Waals surface area contributed by atoms with Crippen molar-refractivity contribution in [1.29, 1.82) is 0 Å². The van der Waals surface area contributed by atoms with Crippen molar-refractivity contribution < 1.29 is 14.3 Å². The fraction of sp³-hybridized carbons (Fsp3) is 0.333. The zero-order chi connectivity index (χ0) is 16.4. The van der Waals surface area contributed by atoms with Crippen LogP contribution >= 0.6 is 0 Å². The number of nitrogens with one attached hydrogen (secondary N) is 1. The Kier molecular flexibility index (Phi) is 4.30. The standard InChI is InChI=1S/C18H20N2O3/c1-4-22-10-12-7-6-8-13-16(12)15-11(3)17(18(21)23-5-2)19-9-14(15)20-13/h6-9,20H,4-5,10H2,1-3H3. The smallest absolute Gasteiger partial charge is 0.357 e. The number of carbonyl (C=O) groups is 1. The maximum Gasteiger partial charge on any atom is 0.357 e. The molecule has 0 unspecified atom stereocenters. The van der Waals surface area contributed by atoms with Gasteiger partial charge in [-0.1, -0.05) is 12.1 Å². The van der Waals surface area contributed by atoms with Gasteiger partial charge in [-0.2, -0.15) is 0 Å². The first-order valence-corrected chi connectivity index (χ1v) is 7.81. The minimum absolute atomic E-state index is 0.335. The third-order valence-electron chi connectivity index (χ3n) is 3.92. The van der Waals surface area contributed by atoms with Crippen LogP contribution in [0.15, 0.2) is 24.4 Å². The second-order valence-corrected chi connectivity index (χ2v) is 5.34. The van der Waals surface area contributed by atoms with E-state index in [0.29, 0.717) is 25.5 Å². The van der Waals surface area contributed by atoms with Crippen molar-refractivity contribution in [1.82, 2.24) is 9.97 Å². The molecule has 3 aromatic rings. The molecule has 0 bridgehead atoms. The number of H-pyrrole nitrogens is 1. The Bertz CT molecular complexity index is 867. The lowest BCUT2D eigenvalue weighted by molar-refractivity contribution is 0.0519. The molecular formula is C18H20N2O3. The molecule has 2 aromatic heterocycles. The van der Waals surface area contributed by atoms with Crippen molar-refractivity contribution in [3.63, 3.8) is 0 Å². The highest BCUT2D eigenvalue weighted by Crippen LogP contribution is 2.32. The predicted molar refractivity (Wildman–Crippen MR) is 89.6 cm³/mol. The maximum atomic E-state index is 12.1. The Labute approximate surface area is 134 Å². The number of pyridine rings is 1. The van der Waals surface area contributed by atoms with Crippen molar-refractivity contribution in [3.05, 3.63) is 41.2 Å². The molecule has 0 amide bonds. The lowest BCUT2D eigenvalue weighted by atomic mass is 10.0. The van der Waals surface area contributed by atoms with Crippen LogP contribution in [0.1, 0.15) is 35.5 Å². The summed E-state index contributed by atoms with van der Waals surface area (Å²) < 4.78 is 10.7. The molecule has 5 heteroatoms. The molecule has 23 heavy (non-hydrogen) atoms. The summed E-state index contributed by atoms with van der Waals surface area (Å²) >= 11 is 0. The molecule has 0 fully saturated rings. The van der Waals surface area contributed by atoms with E-state index in [1.807, 2.05) is 26.0 Å². The molecule has 0 radical (unpaired) electrons. The topological polar surface area (TPSA) is 64.2 Å². The van der Waals surface area contributed by atoms with E-state index in [2.05, 4.69) is 16.0 Å². The molecule has 0 spiro atoms. The van der Waals surface area contributed by atoms with Crippen LogP contribution in [0.3, 0.4) is 0 Å². The van der Waals surface area contributed by atoms with Gasteiger partial charge < -0.3 is 14.5 Å². The Hall–Kier alpha value is -2.40. The van der Waals surface area contributed by atoms with Gasteiger partial charge in [-0.3, -0.25) is 0 Å². The van der Waals surface area contributed by atoms with Crippen molar-refractivity contribution in [2.45, 2.75) is 27.4 Å². The molecular weight excluding hydrogens is 292 g/mol. The average Bonchev–Trinajstić information content (AvgIpc) is 2.93. The molecule has 2 heterocycles. The quantitative estimate of drug-likeness (QED) is 0.729. The average molecular weight is 312 g/mol. The minimum Gasteiger partial charge on any atom is -0.461 e. The molecule has 0 saturated heterocycles. The Morgan fingerprint density at radius 1 is 1.17 bits per heavy atom. The first-order chi connectivity index (χ1) is 11.2. The number of hydrogen-bond acceptors (Lipinski definition) is 4. The first-order valence-electron chi connectivity index (χ1n) is 7.81. The lowest BCUT2D eigenvalue weighted by Gasteiger charge is -2.08. The van der Waals surface area contributed by atoms with E-state index in [1.165, 1.54) is 0 Å². The summed E-state index contributed by atoms with van der Waals surface area (Å²) in [5, 5.41) is 2.09. The van der Waals surface area contributed by atoms with E-state index >= 15 is 0 Å². The third kappa shape index (κ3) is 2.68. The van der Waals surface area contributed by atoms with Gasteiger partial charge in [-0.15, -0.1) is 0 Å². The summed E-state index contributed by atoms with van der Waals surface area (Å²) in [6.45, 7) is 7.21. The SMILES string of the molecule is CCOCc1cccc2[nH]c3cnc(C(=O)OCC)c(C)c3c12. The van der Waals surface area contributed by atoms with Gasteiger partial charge in [-0.25, -0.2) is 9.78 Å². The van der Waals surface area contributed by atoms with Crippen LogP contribution < -0.4 is 0 Å².